The molecule has 0 aliphatic heterocycles. The summed E-state index contributed by atoms with van der Waals surface area (Å²) >= 11 is 0. The smallest absolute Gasteiger partial charge is 0.122 e. The topological polar surface area (TPSA) is 54.7 Å². The zero-order valence-electron chi connectivity index (χ0n) is 9.47. The highest BCUT2D eigenvalue weighted by molar-refractivity contribution is 5.58. The van der Waals surface area contributed by atoms with Crippen LogP contribution in [0, 0.1) is 25.2 Å². The molecule has 76 valence electrons. The molecule has 0 spiro atoms. The summed E-state index contributed by atoms with van der Waals surface area (Å²) in [5.41, 5.74) is 8.54. The van der Waals surface area contributed by atoms with Crippen LogP contribution in [0.15, 0.2) is 0 Å². The van der Waals surface area contributed by atoms with Gasteiger partial charge in [-0.15, -0.1) is 0 Å². The number of hydrogen-bond donors (Lipinski definition) is 1. The largest absolute Gasteiger partial charge is 0.384 e. The third kappa shape index (κ3) is 1.37. The third-order valence-electron chi connectivity index (χ3n) is 2.53. The van der Waals surface area contributed by atoms with Crippen LogP contribution in [0.1, 0.15) is 37.6 Å². The molecule has 0 bridgehead atoms. The van der Waals surface area contributed by atoms with Crippen molar-refractivity contribution in [1.82, 2.24) is 4.57 Å². The van der Waals surface area contributed by atoms with Gasteiger partial charge < -0.3 is 10.3 Å². The second kappa shape index (κ2) is 3.06. The number of nitrogens with two attached hydrogens (primary N) is 1. The molecule has 2 N–H and O–H groups in total. The summed E-state index contributed by atoms with van der Waals surface area (Å²) in [5, 5.41) is 8.96. The molecule has 0 radical (unpaired) electrons. The summed E-state index contributed by atoms with van der Waals surface area (Å²) in [5.74, 6) is 0.579. The van der Waals surface area contributed by atoms with E-state index in [1.165, 1.54) is 0 Å². The highest BCUT2D eigenvalue weighted by atomic mass is 15.1. The molecule has 0 unspecified atom stereocenters. The van der Waals surface area contributed by atoms with E-state index in [9.17, 15) is 0 Å². The number of aromatic nitrogens is 1. The van der Waals surface area contributed by atoms with E-state index < -0.39 is 0 Å². The first-order valence-electron chi connectivity index (χ1n) is 4.68. The number of nitriles is 1. The summed E-state index contributed by atoms with van der Waals surface area (Å²) in [7, 11) is 0. The fraction of sp³-hybridized carbons (Fsp3) is 0.545. The van der Waals surface area contributed by atoms with Gasteiger partial charge in [-0.25, -0.2) is 0 Å². The van der Waals surface area contributed by atoms with Crippen LogP contribution in [0.25, 0.3) is 0 Å². The van der Waals surface area contributed by atoms with E-state index in [1.54, 1.807) is 0 Å². The van der Waals surface area contributed by atoms with Gasteiger partial charge in [-0.2, -0.15) is 5.26 Å². The van der Waals surface area contributed by atoms with Gasteiger partial charge in [0.15, 0.2) is 0 Å². The molecular formula is C11H17N3. The number of nitrogens with zero attached hydrogens (tertiary/aromatic N) is 2. The van der Waals surface area contributed by atoms with Crippen LogP contribution in [0.5, 0.6) is 0 Å². The van der Waals surface area contributed by atoms with Crippen molar-refractivity contribution >= 4 is 5.82 Å². The fourth-order valence-corrected chi connectivity index (χ4v) is 1.84. The van der Waals surface area contributed by atoms with Gasteiger partial charge >= 0.3 is 0 Å². The van der Waals surface area contributed by atoms with Crippen molar-refractivity contribution in [3.8, 4) is 6.07 Å². The van der Waals surface area contributed by atoms with Gasteiger partial charge in [-0.05, 0) is 40.2 Å². The predicted octanol–water partition coefficient (Wildman–Crippen LogP) is 2.31. The minimum absolute atomic E-state index is 0.0754. The SMILES string of the molecule is Cc1c(C#N)c(N)n(C(C)(C)C)c1C. The normalized spacial score (nSPS) is 11.4. The van der Waals surface area contributed by atoms with Crippen molar-refractivity contribution in [1.29, 1.82) is 5.26 Å². The zero-order chi connectivity index (χ0) is 11.1. The van der Waals surface area contributed by atoms with Gasteiger partial charge in [0.05, 0.1) is 5.56 Å². The van der Waals surface area contributed by atoms with Crippen molar-refractivity contribution in [2.45, 2.75) is 40.2 Å². The van der Waals surface area contributed by atoms with Crippen LogP contribution in [0.3, 0.4) is 0 Å². The van der Waals surface area contributed by atoms with E-state index in [4.69, 9.17) is 11.0 Å². The second-order valence-corrected chi connectivity index (χ2v) is 4.59. The third-order valence-corrected chi connectivity index (χ3v) is 2.53. The Bertz CT molecular complexity index is 400. The average Bonchev–Trinajstić information content (AvgIpc) is 2.22. The monoisotopic (exact) mass is 191 g/mol. The van der Waals surface area contributed by atoms with Gasteiger partial charge in [-0.1, -0.05) is 0 Å². The van der Waals surface area contributed by atoms with Crippen molar-refractivity contribution in [2.75, 3.05) is 5.73 Å². The van der Waals surface area contributed by atoms with Crippen LogP contribution >= 0.6 is 0 Å². The van der Waals surface area contributed by atoms with E-state index in [1.807, 2.05) is 18.4 Å². The Kier molecular flexibility index (Phi) is 2.32. The highest BCUT2D eigenvalue weighted by Gasteiger charge is 2.23. The molecule has 0 saturated carbocycles. The van der Waals surface area contributed by atoms with Crippen molar-refractivity contribution in [3.63, 3.8) is 0 Å². The molecule has 0 aliphatic carbocycles. The number of nitrogen functional groups attached to an aromatic ring is 1. The number of hydrogen-bond acceptors (Lipinski definition) is 2. The Morgan fingerprint density at radius 1 is 1.29 bits per heavy atom. The van der Waals surface area contributed by atoms with Crippen LogP contribution in [-0.2, 0) is 5.54 Å². The van der Waals surface area contributed by atoms with Crippen LogP contribution in [0.2, 0.25) is 0 Å². The lowest BCUT2D eigenvalue weighted by molar-refractivity contribution is 0.396. The lowest BCUT2D eigenvalue weighted by Crippen LogP contribution is -2.24. The summed E-state index contributed by atoms with van der Waals surface area (Å²) < 4.78 is 2.01. The van der Waals surface area contributed by atoms with E-state index >= 15 is 0 Å². The fourth-order valence-electron chi connectivity index (χ4n) is 1.84. The lowest BCUT2D eigenvalue weighted by atomic mass is 10.1. The maximum Gasteiger partial charge on any atom is 0.122 e. The number of anilines is 1. The Morgan fingerprint density at radius 2 is 1.79 bits per heavy atom. The average molecular weight is 191 g/mol. The predicted molar refractivity (Wildman–Crippen MR) is 58.0 cm³/mol. The van der Waals surface area contributed by atoms with Gasteiger partial charge in [-0.3, -0.25) is 0 Å². The van der Waals surface area contributed by atoms with E-state index in [0.717, 1.165) is 11.3 Å². The summed E-state index contributed by atoms with van der Waals surface area (Å²) in [6.07, 6.45) is 0. The Balaban J connectivity index is 3.56. The molecule has 0 aromatic carbocycles. The van der Waals surface area contributed by atoms with Crippen LogP contribution in [0.4, 0.5) is 5.82 Å². The van der Waals surface area contributed by atoms with Gasteiger partial charge in [0.1, 0.15) is 11.9 Å². The quantitative estimate of drug-likeness (QED) is 0.684. The van der Waals surface area contributed by atoms with Crippen molar-refractivity contribution in [3.05, 3.63) is 16.8 Å². The maximum absolute atomic E-state index is 8.96. The maximum atomic E-state index is 8.96. The Hall–Kier alpha value is -1.43. The van der Waals surface area contributed by atoms with Crippen LogP contribution in [-0.4, -0.2) is 4.57 Å². The molecule has 0 fully saturated rings. The Labute approximate surface area is 85.1 Å². The summed E-state index contributed by atoms with van der Waals surface area (Å²) in [6.45, 7) is 10.2. The zero-order valence-corrected chi connectivity index (χ0v) is 9.47. The minimum atomic E-state index is -0.0754. The first kappa shape index (κ1) is 10.6. The lowest BCUT2D eigenvalue weighted by Gasteiger charge is -2.25. The van der Waals surface area contributed by atoms with Crippen molar-refractivity contribution in [2.24, 2.45) is 0 Å². The standard InChI is InChI=1S/C11H17N3/c1-7-8(2)14(11(3,4)5)10(13)9(7)6-12/h13H2,1-5H3. The molecule has 14 heavy (non-hydrogen) atoms. The van der Waals surface area contributed by atoms with Crippen LogP contribution < -0.4 is 5.73 Å². The molecule has 3 nitrogen and oxygen atoms in total. The van der Waals surface area contributed by atoms with Gasteiger partial charge in [0, 0.05) is 11.2 Å². The molecule has 0 atom stereocenters. The van der Waals surface area contributed by atoms with E-state index in [2.05, 4.69) is 26.8 Å². The molecule has 1 rings (SSSR count). The molecule has 3 heteroatoms. The first-order chi connectivity index (χ1) is 6.30. The summed E-state index contributed by atoms with van der Waals surface area (Å²) in [4.78, 5) is 0. The molecule has 1 aromatic heterocycles. The van der Waals surface area contributed by atoms with Gasteiger partial charge in [0.25, 0.3) is 0 Å². The number of rotatable bonds is 0. The van der Waals surface area contributed by atoms with E-state index in [-0.39, 0.29) is 5.54 Å². The van der Waals surface area contributed by atoms with Crippen molar-refractivity contribution < 1.29 is 0 Å². The van der Waals surface area contributed by atoms with E-state index in [0.29, 0.717) is 11.4 Å². The molecule has 0 saturated heterocycles. The molecule has 1 aromatic rings. The molecule has 0 amide bonds. The highest BCUT2D eigenvalue weighted by Crippen LogP contribution is 2.29. The molecule has 0 aliphatic rings. The Morgan fingerprint density at radius 3 is 2.00 bits per heavy atom. The first-order valence-corrected chi connectivity index (χ1v) is 4.68. The van der Waals surface area contributed by atoms with Gasteiger partial charge in [0.2, 0.25) is 0 Å². The molecule has 1 heterocycles. The minimum Gasteiger partial charge on any atom is -0.384 e. The second-order valence-electron chi connectivity index (χ2n) is 4.59. The molecular weight excluding hydrogens is 174 g/mol. The summed E-state index contributed by atoms with van der Waals surface area (Å²) in [6, 6.07) is 2.15.